The molecule has 2 N–H and O–H groups in total. The van der Waals surface area contributed by atoms with Gasteiger partial charge in [0.05, 0.1) is 39.9 Å². The van der Waals surface area contributed by atoms with Crippen LogP contribution in [0.3, 0.4) is 0 Å². The van der Waals surface area contributed by atoms with Gasteiger partial charge in [0.2, 0.25) is 5.91 Å². The normalized spacial score (nSPS) is 13.7. The maximum Gasteiger partial charge on any atom is 0.268 e. The van der Waals surface area contributed by atoms with E-state index in [-0.39, 0.29) is 19.1 Å². The molecule has 0 aromatic carbocycles. The van der Waals surface area contributed by atoms with E-state index in [0.717, 1.165) is 38.5 Å². The molecule has 0 heterocycles. The average molecular weight is 1270 g/mol. The summed E-state index contributed by atoms with van der Waals surface area (Å²) in [5.74, 6) is -0.198. The van der Waals surface area contributed by atoms with Crippen LogP contribution in [0.2, 0.25) is 0 Å². The van der Waals surface area contributed by atoms with Gasteiger partial charge in [-0.1, -0.05) is 391 Å². The summed E-state index contributed by atoms with van der Waals surface area (Å²) in [6.45, 7) is 4.70. The number of nitrogens with one attached hydrogen (secondary N) is 1. The van der Waals surface area contributed by atoms with E-state index in [9.17, 15) is 19.4 Å². The Morgan fingerprint density at radius 1 is 0.382 bits per heavy atom. The lowest BCUT2D eigenvalue weighted by Crippen LogP contribution is -2.45. The highest BCUT2D eigenvalue weighted by atomic mass is 31.2. The molecule has 0 aliphatic rings. The first-order valence-corrected chi connectivity index (χ1v) is 41.3. The molecule has 528 valence electrons. The van der Waals surface area contributed by atoms with Gasteiger partial charge in [-0.2, -0.15) is 0 Å². The Hall–Kier alpha value is -1.28. The third kappa shape index (κ3) is 74.0. The lowest BCUT2D eigenvalue weighted by molar-refractivity contribution is -0.870. The average Bonchev–Trinajstić information content (AvgIpc) is 3.55. The zero-order valence-corrected chi connectivity index (χ0v) is 61.6. The third-order valence-electron chi connectivity index (χ3n) is 18.6. The van der Waals surface area contributed by atoms with Crippen LogP contribution in [0.15, 0.2) is 36.5 Å². The van der Waals surface area contributed by atoms with E-state index in [0.29, 0.717) is 17.4 Å². The molecule has 89 heavy (non-hydrogen) atoms. The molecule has 0 rings (SSSR count). The van der Waals surface area contributed by atoms with Gasteiger partial charge in [-0.05, 0) is 57.8 Å². The number of aliphatic hydroxyl groups excluding tert-OH is 1. The summed E-state index contributed by atoms with van der Waals surface area (Å²) in [6.07, 6.45) is 96.1. The molecule has 0 radical (unpaired) electrons. The fourth-order valence-corrected chi connectivity index (χ4v) is 13.1. The molecule has 0 aromatic rings. The number of hydrogen-bond donors (Lipinski definition) is 2. The van der Waals surface area contributed by atoms with Crippen molar-refractivity contribution in [1.82, 2.24) is 5.32 Å². The molecule has 1 amide bonds. The summed E-state index contributed by atoms with van der Waals surface area (Å²) >= 11 is 0. The van der Waals surface area contributed by atoms with Crippen LogP contribution in [0.1, 0.15) is 418 Å². The number of amides is 1. The highest BCUT2D eigenvalue weighted by molar-refractivity contribution is 7.45. The predicted octanol–water partition coefficient (Wildman–Crippen LogP) is 25.3. The van der Waals surface area contributed by atoms with E-state index in [2.05, 4.69) is 43.5 Å². The molecule has 8 nitrogen and oxygen atoms in total. The molecule has 0 spiro atoms. The topological polar surface area (TPSA) is 108 Å². The molecular weight excluding hydrogens is 1120 g/mol. The number of quaternary nitrogens is 1. The number of hydrogen-bond acceptors (Lipinski definition) is 6. The van der Waals surface area contributed by atoms with Gasteiger partial charge < -0.3 is 28.8 Å². The number of phosphoric acid groups is 1. The summed E-state index contributed by atoms with van der Waals surface area (Å²) < 4.78 is 23.5. The maximum absolute atomic E-state index is 13.1. The lowest BCUT2D eigenvalue weighted by atomic mass is 10.0. The molecule has 0 fully saturated rings. The quantitative estimate of drug-likeness (QED) is 0.0272. The van der Waals surface area contributed by atoms with E-state index in [1.165, 1.54) is 360 Å². The van der Waals surface area contributed by atoms with Gasteiger partial charge in [-0.25, -0.2) is 0 Å². The van der Waals surface area contributed by atoms with Crippen LogP contribution in [0.4, 0.5) is 0 Å². The summed E-state index contributed by atoms with van der Waals surface area (Å²) in [5, 5.41) is 14.0. The van der Waals surface area contributed by atoms with Crippen LogP contribution in [0, 0.1) is 0 Å². The summed E-state index contributed by atoms with van der Waals surface area (Å²) in [5.41, 5.74) is 0. The van der Waals surface area contributed by atoms with Crippen molar-refractivity contribution >= 4 is 13.7 Å². The molecule has 0 saturated carbocycles. The van der Waals surface area contributed by atoms with Crippen LogP contribution in [0.25, 0.3) is 0 Å². The predicted molar refractivity (Wildman–Crippen MR) is 390 cm³/mol. The Labute approximate surface area is 557 Å². The molecule has 0 aliphatic heterocycles. The number of carbonyl (C=O) groups is 1. The Bertz CT molecular complexity index is 1550. The number of aliphatic hydroxyl groups is 1. The zero-order valence-electron chi connectivity index (χ0n) is 60.7. The third-order valence-corrected chi connectivity index (χ3v) is 19.5. The zero-order chi connectivity index (χ0) is 64.8. The summed E-state index contributed by atoms with van der Waals surface area (Å²) in [6, 6.07) is -0.904. The Balaban J connectivity index is 3.94. The monoisotopic (exact) mass is 1270 g/mol. The number of carbonyl (C=O) groups excluding carboxylic acids is 1. The van der Waals surface area contributed by atoms with E-state index < -0.39 is 20.0 Å². The smallest absolute Gasteiger partial charge is 0.268 e. The van der Waals surface area contributed by atoms with E-state index in [1.54, 1.807) is 6.08 Å². The number of rotatable bonds is 75. The Morgan fingerprint density at radius 2 is 0.629 bits per heavy atom. The highest BCUT2D eigenvalue weighted by Crippen LogP contribution is 2.38. The van der Waals surface area contributed by atoms with Crippen molar-refractivity contribution in [2.45, 2.75) is 431 Å². The minimum absolute atomic E-state index is 0.00395. The summed E-state index contributed by atoms with van der Waals surface area (Å²) in [4.78, 5) is 25.7. The Kier molecular flexibility index (Phi) is 70.0. The van der Waals surface area contributed by atoms with Gasteiger partial charge >= 0.3 is 0 Å². The van der Waals surface area contributed by atoms with Crippen LogP contribution < -0.4 is 10.2 Å². The van der Waals surface area contributed by atoms with Crippen molar-refractivity contribution in [3.05, 3.63) is 36.5 Å². The number of phosphoric ester groups is 1. The molecule has 3 atom stereocenters. The molecular formula is C80H157N2O6P. The van der Waals surface area contributed by atoms with Crippen LogP contribution in [-0.4, -0.2) is 68.5 Å². The first-order chi connectivity index (χ1) is 43.5. The molecule has 0 aliphatic carbocycles. The molecule has 0 saturated heterocycles. The number of allylic oxidation sites excluding steroid dienone is 5. The largest absolute Gasteiger partial charge is 0.756 e. The van der Waals surface area contributed by atoms with E-state index in [1.807, 2.05) is 27.2 Å². The second-order valence-electron chi connectivity index (χ2n) is 28.8. The van der Waals surface area contributed by atoms with Crippen molar-refractivity contribution in [2.24, 2.45) is 0 Å². The van der Waals surface area contributed by atoms with Crippen LogP contribution in [0.5, 0.6) is 0 Å². The first kappa shape index (κ1) is 87.7. The van der Waals surface area contributed by atoms with Gasteiger partial charge in [-0.3, -0.25) is 9.36 Å². The highest BCUT2D eigenvalue weighted by Gasteiger charge is 2.23. The van der Waals surface area contributed by atoms with Gasteiger partial charge in [0.1, 0.15) is 13.2 Å². The van der Waals surface area contributed by atoms with Crippen molar-refractivity contribution in [2.75, 3.05) is 40.9 Å². The van der Waals surface area contributed by atoms with E-state index in [4.69, 9.17) is 9.05 Å². The second-order valence-corrected chi connectivity index (χ2v) is 30.2. The molecule has 3 unspecified atom stereocenters. The number of nitrogens with zero attached hydrogens (tertiary/aromatic N) is 1. The van der Waals surface area contributed by atoms with Gasteiger partial charge in [0.25, 0.3) is 7.82 Å². The summed E-state index contributed by atoms with van der Waals surface area (Å²) in [7, 11) is 1.26. The maximum atomic E-state index is 13.1. The molecule has 9 heteroatoms. The van der Waals surface area contributed by atoms with Crippen molar-refractivity contribution in [3.8, 4) is 0 Å². The minimum atomic E-state index is -4.61. The Morgan fingerprint density at radius 3 is 0.910 bits per heavy atom. The van der Waals surface area contributed by atoms with E-state index >= 15 is 0 Å². The molecule has 0 bridgehead atoms. The van der Waals surface area contributed by atoms with Crippen molar-refractivity contribution in [1.29, 1.82) is 0 Å². The van der Waals surface area contributed by atoms with Gasteiger partial charge in [-0.15, -0.1) is 0 Å². The molecule has 0 aromatic heterocycles. The van der Waals surface area contributed by atoms with Crippen molar-refractivity contribution < 1.29 is 32.9 Å². The SMILES string of the molecule is CCCCCCCCCC/C=C\CCCCCCCCCCCCCCCCCCCCCCCCCCCCCC(=O)NC(COP(=O)([O-])OCC[N+](C)(C)C)C(O)/C=C/CC/C=C/CCCCCCCCCCCCCCCCCCCCCCCC. The first-order valence-electron chi connectivity index (χ1n) is 39.9. The number of unbranched alkanes of at least 4 members (excludes halogenated alkanes) is 58. The van der Waals surface area contributed by atoms with Crippen LogP contribution in [-0.2, 0) is 18.4 Å². The van der Waals surface area contributed by atoms with Crippen molar-refractivity contribution in [3.63, 3.8) is 0 Å². The van der Waals surface area contributed by atoms with Gasteiger partial charge in [0, 0.05) is 6.42 Å². The lowest BCUT2D eigenvalue weighted by Gasteiger charge is -2.29. The second kappa shape index (κ2) is 71.0. The number of likely N-dealkylation sites (N-methyl/N-ethyl adjacent to an activating group) is 1. The van der Waals surface area contributed by atoms with Crippen LogP contribution >= 0.6 is 7.82 Å². The fraction of sp³-hybridized carbons (Fsp3) is 0.912. The fourth-order valence-electron chi connectivity index (χ4n) is 12.4. The van der Waals surface area contributed by atoms with Gasteiger partial charge in [0.15, 0.2) is 0 Å². The standard InChI is InChI=1S/C80H157N2O6P/c1-6-8-10-12-14-16-18-20-22-24-26-28-30-32-34-36-37-38-39-40-41-42-43-44-45-46-48-50-52-54-56-58-60-62-64-66-68-70-72-74-80(84)81-78(77-88-89(85,86)87-76-75-82(3,4)5)79(83)73-71-69-67-65-63-61-59-57-55-53-51-49-47-35-33-31-29-27-25-23-21-19-17-15-13-11-9-7-2/h24,26,63,65,71,73,78-79,83H,6-23,25,27-62,64,66-70,72,74-77H2,1-5H3,(H-,81,84,85,86)/b26-24-,65-63+,73-71+. The minimum Gasteiger partial charge on any atom is -0.756 e.